The van der Waals surface area contributed by atoms with Crippen LogP contribution in [0.25, 0.3) is 0 Å². The van der Waals surface area contributed by atoms with Crippen molar-refractivity contribution in [1.82, 2.24) is 5.32 Å². The lowest BCUT2D eigenvalue weighted by Gasteiger charge is -2.54. The van der Waals surface area contributed by atoms with E-state index in [1.54, 1.807) is 12.1 Å². The summed E-state index contributed by atoms with van der Waals surface area (Å²) in [5, 5.41) is 14.4. The quantitative estimate of drug-likeness (QED) is 0.680. The van der Waals surface area contributed by atoms with Crippen molar-refractivity contribution in [3.63, 3.8) is 0 Å². The number of rotatable bonds is 4. The fourth-order valence-electron chi connectivity index (χ4n) is 5.23. The lowest BCUT2D eigenvalue weighted by Crippen LogP contribution is -2.54. The normalized spacial score (nSPS) is 36.9. The molecule has 0 heterocycles. The third kappa shape index (κ3) is 2.46. The van der Waals surface area contributed by atoms with E-state index in [0.29, 0.717) is 6.04 Å². The third-order valence-corrected chi connectivity index (χ3v) is 5.92. The van der Waals surface area contributed by atoms with Crippen molar-refractivity contribution >= 4 is 5.69 Å². The molecule has 1 aromatic carbocycles. The first kappa shape index (κ1) is 13.3. The Kier molecular flexibility index (Phi) is 3.21. The second kappa shape index (κ2) is 5.09. The SMILES string of the molecule is O=[N+]([O-])c1ccc(CNC2C3CC4CC(C3)CC2C4)cc1. The Morgan fingerprint density at radius 2 is 1.57 bits per heavy atom. The van der Waals surface area contributed by atoms with E-state index in [4.69, 9.17) is 0 Å². The zero-order chi connectivity index (χ0) is 14.4. The van der Waals surface area contributed by atoms with Crippen LogP contribution >= 0.6 is 0 Å². The predicted octanol–water partition coefficient (Wildman–Crippen LogP) is 3.51. The summed E-state index contributed by atoms with van der Waals surface area (Å²) in [4.78, 5) is 10.3. The van der Waals surface area contributed by atoms with Crippen molar-refractivity contribution in [2.75, 3.05) is 0 Å². The van der Waals surface area contributed by atoms with Gasteiger partial charge >= 0.3 is 0 Å². The summed E-state index contributed by atoms with van der Waals surface area (Å²) in [6.45, 7) is 0.838. The van der Waals surface area contributed by atoms with E-state index in [2.05, 4.69) is 5.32 Å². The van der Waals surface area contributed by atoms with Gasteiger partial charge < -0.3 is 5.32 Å². The molecule has 0 saturated heterocycles. The van der Waals surface area contributed by atoms with Gasteiger partial charge in [-0.25, -0.2) is 0 Å². The largest absolute Gasteiger partial charge is 0.309 e. The summed E-state index contributed by atoms with van der Waals surface area (Å²) in [7, 11) is 0. The van der Waals surface area contributed by atoms with Crippen LogP contribution in [0.2, 0.25) is 0 Å². The summed E-state index contributed by atoms with van der Waals surface area (Å²) in [6, 6.07) is 7.64. The Hall–Kier alpha value is -1.42. The molecular formula is C17H22N2O2. The minimum atomic E-state index is -0.338. The van der Waals surface area contributed by atoms with Crippen LogP contribution in [0.1, 0.15) is 37.7 Å². The van der Waals surface area contributed by atoms with E-state index in [0.717, 1.165) is 35.8 Å². The molecule has 4 nitrogen and oxygen atoms in total. The zero-order valence-electron chi connectivity index (χ0n) is 12.2. The van der Waals surface area contributed by atoms with E-state index >= 15 is 0 Å². The van der Waals surface area contributed by atoms with Gasteiger partial charge in [0.2, 0.25) is 0 Å². The zero-order valence-corrected chi connectivity index (χ0v) is 12.2. The minimum absolute atomic E-state index is 0.174. The van der Waals surface area contributed by atoms with Gasteiger partial charge in [0.05, 0.1) is 4.92 Å². The fourth-order valence-corrected chi connectivity index (χ4v) is 5.23. The van der Waals surface area contributed by atoms with Gasteiger partial charge in [-0.05, 0) is 61.3 Å². The Labute approximate surface area is 125 Å². The summed E-state index contributed by atoms with van der Waals surface area (Å²) < 4.78 is 0. The maximum Gasteiger partial charge on any atom is 0.269 e. The molecule has 1 N–H and O–H groups in total. The van der Waals surface area contributed by atoms with Gasteiger partial charge in [-0.3, -0.25) is 10.1 Å². The van der Waals surface area contributed by atoms with Gasteiger partial charge in [-0.2, -0.15) is 0 Å². The van der Waals surface area contributed by atoms with Crippen molar-refractivity contribution in [2.45, 2.75) is 44.7 Å². The molecule has 4 fully saturated rings. The molecule has 0 radical (unpaired) electrons. The van der Waals surface area contributed by atoms with Crippen LogP contribution in [-0.4, -0.2) is 11.0 Å². The number of nitrogens with zero attached hydrogens (tertiary/aromatic N) is 1. The maximum atomic E-state index is 10.7. The van der Waals surface area contributed by atoms with Crippen LogP contribution in [0.4, 0.5) is 5.69 Å². The average Bonchev–Trinajstić information content (AvgIpc) is 2.46. The first-order valence-electron chi connectivity index (χ1n) is 8.16. The van der Waals surface area contributed by atoms with Gasteiger partial charge in [-0.1, -0.05) is 12.1 Å². The Morgan fingerprint density at radius 1 is 1.00 bits per heavy atom. The summed E-state index contributed by atoms with van der Waals surface area (Å²) in [5.41, 5.74) is 1.32. The molecule has 112 valence electrons. The van der Waals surface area contributed by atoms with E-state index in [1.165, 1.54) is 32.1 Å². The lowest BCUT2D eigenvalue weighted by molar-refractivity contribution is -0.384. The molecule has 0 aliphatic heterocycles. The molecule has 0 aromatic heterocycles. The number of non-ortho nitro benzene ring substituents is 1. The van der Waals surface area contributed by atoms with Crippen LogP contribution in [0.15, 0.2) is 24.3 Å². The smallest absolute Gasteiger partial charge is 0.269 e. The number of nitrogens with one attached hydrogen (secondary N) is 1. The summed E-state index contributed by atoms with van der Waals surface area (Å²) in [5.74, 6) is 3.76. The molecule has 4 aliphatic rings. The monoisotopic (exact) mass is 286 g/mol. The molecule has 21 heavy (non-hydrogen) atoms. The summed E-state index contributed by atoms with van der Waals surface area (Å²) >= 11 is 0. The summed E-state index contributed by atoms with van der Waals surface area (Å²) in [6.07, 6.45) is 7.17. The van der Waals surface area contributed by atoms with Crippen LogP contribution in [0.3, 0.4) is 0 Å². The number of hydrogen-bond donors (Lipinski definition) is 1. The lowest BCUT2D eigenvalue weighted by atomic mass is 9.54. The molecular weight excluding hydrogens is 264 g/mol. The van der Waals surface area contributed by atoms with Crippen molar-refractivity contribution in [2.24, 2.45) is 23.7 Å². The van der Waals surface area contributed by atoms with E-state index < -0.39 is 0 Å². The molecule has 0 unspecified atom stereocenters. The van der Waals surface area contributed by atoms with Crippen LogP contribution < -0.4 is 5.32 Å². The molecule has 4 aliphatic carbocycles. The molecule has 0 atom stereocenters. The number of nitro benzene ring substituents is 1. The Bertz CT molecular complexity index is 512. The van der Waals surface area contributed by atoms with Crippen molar-refractivity contribution < 1.29 is 4.92 Å². The molecule has 4 bridgehead atoms. The van der Waals surface area contributed by atoms with Crippen LogP contribution in [0.5, 0.6) is 0 Å². The molecule has 4 saturated carbocycles. The highest BCUT2D eigenvalue weighted by Crippen LogP contribution is 2.53. The van der Waals surface area contributed by atoms with Gasteiger partial charge in [0.15, 0.2) is 0 Å². The second-order valence-corrected chi connectivity index (χ2v) is 7.26. The second-order valence-electron chi connectivity index (χ2n) is 7.26. The number of hydrogen-bond acceptors (Lipinski definition) is 3. The fraction of sp³-hybridized carbons (Fsp3) is 0.647. The first-order chi connectivity index (χ1) is 10.2. The van der Waals surface area contributed by atoms with Crippen LogP contribution in [0, 0.1) is 33.8 Å². The molecule has 5 rings (SSSR count). The highest BCUT2D eigenvalue weighted by molar-refractivity contribution is 5.32. The van der Waals surface area contributed by atoms with Crippen molar-refractivity contribution in [3.8, 4) is 0 Å². The third-order valence-electron chi connectivity index (χ3n) is 5.92. The maximum absolute atomic E-state index is 10.7. The number of nitro groups is 1. The molecule has 0 spiro atoms. The van der Waals surface area contributed by atoms with Gasteiger partial charge in [0, 0.05) is 24.7 Å². The average molecular weight is 286 g/mol. The number of benzene rings is 1. The van der Waals surface area contributed by atoms with Crippen LogP contribution in [-0.2, 0) is 6.54 Å². The Morgan fingerprint density at radius 3 is 2.10 bits per heavy atom. The molecule has 1 aromatic rings. The molecule has 4 heteroatoms. The van der Waals surface area contributed by atoms with E-state index in [9.17, 15) is 10.1 Å². The van der Waals surface area contributed by atoms with Crippen molar-refractivity contribution in [1.29, 1.82) is 0 Å². The van der Waals surface area contributed by atoms with Crippen molar-refractivity contribution in [3.05, 3.63) is 39.9 Å². The minimum Gasteiger partial charge on any atom is -0.309 e. The van der Waals surface area contributed by atoms with Gasteiger partial charge in [-0.15, -0.1) is 0 Å². The molecule has 0 amide bonds. The highest BCUT2D eigenvalue weighted by atomic mass is 16.6. The topological polar surface area (TPSA) is 55.2 Å². The predicted molar refractivity (Wildman–Crippen MR) is 80.8 cm³/mol. The standard InChI is InChI=1S/C17H22N2O2/c20-19(21)16-3-1-11(2-4-16)10-18-17-14-6-12-5-13(8-14)9-15(17)7-12/h1-4,12-15,17-18H,5-10H2. The first-order valence-corrected chi connectivity index (χ1v) is 8.16. The van der Waals surface area contributed by atoms with E-state index in [-0.39, 0.29) is 10.6 Å². The Balaban J connectivity index is 1.39. The van der Waals surface area contributed by atoms with E-state index in [1.807, 2.05) is 12.1 Å². The highest BCUT2D eigenvalue weighted by Gasteiger charge is 2.47. The van der Waals surface area contributed by atoms with Gasteiger partial charge in [0.25, 0.3) is 5.69 Å². The van der Waals surface area contributed by atoms with Gasteiger partial charge in [0.1, 0.15) is 0 Å².